The predicted molar refractivity (Wildman–Crippen MR) is 122 cm³/mol. The van der Waals surface area contributed by atoms with Gasteiger partial charge in [0, 0.05) is 34.2 Å². The van der Waals surface area contributed by atoms with E-state index in [-0.39, 0.29) is 0 Å². The molecule has 0 fully saturated rings. The molecule has 0 amide bonds. The van der Waals surface area contributed by atoms with Crippen LogP contribution < -0.4 is 0 Å². The van der Waals surface area contributed by atoms with E-state index in [4.69, 9.17) is 11.6 Å². The Balaban J connectivity index is 1.61. The minimum atomic E-state index is 0.492. The number of para-hydroxylation sites is 3. The number of allylic oxidation sites excluding steroid dienone is 1. The fraction of sp³-hybridized carbons (Fsp3) is 0.0400. The van der Waals surface area contributed by atoms with Crippen LogP contribution in [0.5, 0.6) is 0 Å². The zero-order valence-corrected chi connectivity index (χ0v) is 16.8. The normalized spacial score (nSPS) is 11.8. The highest BCUT2D eigenvalue weighted by Crippen LogP contribution is 2.28. The minimum Gasteiger partial charge on any atom is -0.342 e. The molecule has 4 nitrogen and oxygen atoms in total. The number of imidazole rings is 1. The fourth-order valence-corrected chi connectivity index (χ4v) is 3.92. The van der Waals surface area contributed by atoms with Crippen molar-refractivity contribution in [1.29, 1.82) is 5.26 Å². The number of hydrogen-bond acceptors (Lipinski definition) is 2. The Hall–Kier alpha value is -3.81. The van der Waals surface area contributed by atoms with Crippen LogP contribution in [0.25, 0.3) is 33.6 Å². The molecule has 2 aromatic heterocycles. The molecule has 1 N–H and O–H groups in total. The number of nitrogens with zero attached hydrogens (tertiary/aromatic N) is 3. The number of aromatic nitrogens is 3. The van der Waals surface area contributed by atoms with Gasteiger partial charge in [-0.3, -0.25) is 0 Å². The van der Waals surface area contributed by atoms with Crippen molar-refractivity contribution in [2.45, 2.75) is 6.54 Å². The van der Waals surface area contributed by atoms with Crippen molar-refractivity contribution in [2.75, 3.05) is 0 Å². The van der Waals surface area contributed by atoms with E-state index in [9.17, 15) is 5.26 Å². The van der Waals surface area contributed by atoms with Crippen LogP contribution in [0.2, 0.25) is 5.02 Å². The average molecular weight is 409 g/mol. The Kier molecular flexibility index (Phi) is 4.59. The lowest BCUT2D eigenvalue weighted by Crippen LogP contribution is -1.98. The van der Waals surface area contributed by atoms with Gasteiger partial charge in [-0.25, -0.2) is 4.98 Å². The van der Waals surface area contributed by atoms with Gasteiger partial charge in [0.25, 0.3) is 0 Å². The lowest BCUT2D eigenvalue weighted by atomic mass is 10.1. The van der Waals surface area contributed by atoms with Crippen molar-refractivity contribution < 1.29 is 0 Å². The van der Waals surface area contributed by atoms with Crippen molar-refractivity contribution in [3.8, 4) is 6.07 Å². The van der Waals surface area contributed by atoms with Gasteiger partial charge >= 0.3 is 0 Å². The summed E-state index contributed by atoms with van der Waals surface area (Å²) < 4.78 is 2.16. The molecule has 144 valence electrons. The number of hydrogen-bond donors (Lipinski definition) is 1. The summed E-state index contributed by atoms with van der Waals surface area (Å²) >= 11 is 6.38. The predicted octanol–water partition coefficient (Wildman–Crippen LogP) is 6.28. The van der Waals surface area contributed by atoms with Gasteiger partial charge in [-0.1, -0.05) is 60.1 Å². The summed E-state index contributed by atoms with van der Waals surface area (Å²) in [4.78, 5) is 7.82. The molecular weight excluding hydrogens is 392 g/mol. The van der Waals surface area contributed by atoms with Gasteiger partial charge < -0.3 is 9.55 Å². The molecule has 0 atom stereocenters. The first-order chi connectivity index (χ1) is 14.7. The van der Waals surface area contributed by atoms with Crippen molar-refractivity contribution in [2.24, 2.45) is 0 Å². The first-order valence-electron chi connectivity index (χ1n) is 9.61. The Labute approximate surface area is 178 Å². The maximum atomic E-state index is 9.81. The number of aromatic amines is 1. The molecule has 0 aliphatic rings. The Bertz CT molecular complexity index is 1420. The molecule has 0 saturated heterocycles. The van der Waals surface area contributed by atoms with Crippen molar-refractivity contribution in [3.05, 3.63) is 101 Å². The van der Waals surface area contributed by atoms with Crippen molar-refractivity contribution >= 4 is 45.2 Å². The van der Waals surface area contributed by atoms with E-state index in [1.54, 1.807) is 0 Å². The number of nitriles is 1. The third-order valence-corrected chi connectivity index (χ3v) is 5.55. The van der Waals surface area contributed by atoms with Crippen LogP contribution >= 0.6 is 11.6 Å². The highest BCUT2D eigenvalue weighted by atomic mass is 35.5. The van der Waals surface area contributed by atoms with Crippen molar-refractivity contribution in [1.82, 2.24) is 14.5 Å². The summed E-state index contributed by atoms with van der Waals surface area (Å²) in [5, 5.41) is 11.6. The molecule has 0 radical (unpaired) electrons. The largest absolute Gasteiger partial charge is 0.342 e. The summed E-state index contributed by atoms with van der Waals surface area (Å²) in [6.07, 6.45) is 3.96. The molecule has 0 spiro atoms. The van der Waals surface area contributed by atoms with Gasteiger partial charge in [0.2, 0.25) is 0 Å². The third-order valence-electron chi connectivity index (χ3n) is 5.18. The zero-order valence-electron chi connectivity index (χ0n) is 16.0. The highest BCUT2D eigenvalue weighted by molar-refractivity contribution is 6.31. The molecule has 3 aromatic carbocycles. The fourth-order valence-electron chi connectivity index (χ4n) is 3.72. The van der Waals surface area contributed by atoms with Crippen molar-refractivity contribution in [3.63, 3.8) is 0 Å². The SMILES string of the molecule is N#CC(=Cc1cn(Cc2ccccc2Cl)c2ccccc12)c1nc2ccccc2[nH]1. The van der Waals surface area contributed by atoms with Crippen LogP contribution in [0.15, 0.2) is 79.0 Å². The van der Waals surface area contributed by atoms with E-state index >= 15 is 0 Å². The highest BCUT2D eigenvalue weighted by Gasteiger charge is 2.12. The average Bonchev–Trinajstić information content (AvgIpc) is 3.35. The molecule has 5 heteroatoms. The lowest BCUT2D eigenvalue weighted by Gasteiger charge is -2.07. The second-order valence-corrected chi connectivity index (χ2v) is 7.50. The van der Waals surface area contributed by atoms with Gasteiger partial charge in [-0.15, -0.1) is 0 Å². The van der Waals surface area contributed by atoms with Crippen LogP contribution in [0.3, 0.4) is 0 Å². The lowest BCUT2D eigenvalue weighted by molar-refractivity contribution is 0.836. The monoisotopic (exact) mass is 408 g/mol. The van der Waals surface area contributed by atoms with E-state index in [1.807, 2.05) is 66.7 Å². The topological polar surface area (TPSA) is 57.4 Å². The number of fused-ring (bicyclic) bond motifs is 2. The molecule has 0 aliphatic carbocycles. The summed E-state index contributed by atoms with van der Waals surface area (Å²) in [5.74, 6) is 0.571. The quantitative estimate of drug-likeness (QED) is 0.355. The van der Waals surface area contributed by atoms with Gasteiger partial charge in [-0.05, 0) is 35.9 Å². The van der Waals surface area contributed by atoms with Gasteiger partial charge in [0.05, 0.1) is 16.6 Å². The first-order valence-corrected chi connectivity index (χ1v) is 9.99. The van der Waals surface area contributed by atoms with E-state index < -0.39 is 0 Å². The summed E-state index contributed by atoms with van der Waals surface area (Å²) in [6.45, 7) is 0.653. The smallest absolute Gasteiger partial charge is 0.149 e. The van der Waals surface area contributed by atoms with E-state index in [0.717, 1.165) is 38.1 Å². The Morgan fingerprint density at radius 3 is 2.63 bits per heavy atom. The summed E-state index contributed by atoms with van der Waals surface area (Å²) in [6, 6.07) is 26.1. The van der Waals surface area contributed by atoms with E-state index in [2.05, 4.69) is 38.9 Å². The first kappa shape index (κ1) is 18.2. The maximum absolute atomic E-state index is 9.81. The summed E-state index contributed by atoms with van der Waals surface area (Å²) in [7, 11) is 0. The van der Waals surface area contributed by atoms with Gasteiger partial charge in [-0.2, -0.15) is 5.26 Å². The number of halogens is 1. The van der Waals surface area contributed by atoms with Crippen LogP contribution in [0, 0.1) is 11.3 Å². The van der Waals surface area contributed by atoms with Crippen LogP contribution in [0.1, 0.15) is 17.0 Å². The molecule has 30 heavy (non-hydrogen) atoms. The van der Waals surface area contributed by atoms with Crippen LogP contribution in [0.4, 0.5) is 0 Å². The molecule has 0 unspecified atom stereocenters. The number of rotatable bonds is 4. The number of H-pyrrole nitrogens is 1. The second kappa shape index (κ2) is 7.55. The summed E-state index contributed by atoms with van der Waals surface area (Å²) in [5.41, 5.74) is 5.35. The molecule has 0 aliphatic heterocycles. The van der Waals surface area contributed by atoms with Gasteiger partial charge in [0.15, 0.2) is 0 Å². The third kappa shape index (κ3) is 3.26. The molecule has 0 saturated carbocycles. The Morgan fingerprint density at radius 2 is 1.80 bits per heavy atom. The second-order valence-electron chi connectivity index (χ2n) is 7.09. The van der Waals surface area contributed by atoms with Crippen LogP contribution in [-0.4, -0.2) is 14.5 Å². The molecule has 5 rings (SSSR count). The van der Waals surface area contributed by atoms with Crippen LogP contribution in [-0.2, 0) is 6.54 Å². The molecule has 5 aromatic rings. The number of nitrogens with one attached hydrogen (secondary N) is 1. The molecular formula is C25H17ClN4. The maximum Gasteiger partial charge on any atom is 0.149 e. The van der Waals surface area contributed by atoms with E-state index in [0.29, 0.717) is 17.9 Å². The molecule has 0 bridgehead atoms. The molecule has 2 heterocycles. The minimum absolute atomic E-state index is 0.492. The van der Waals surface area contributed by atoms with Gasteiger partial charge in [0.1, 0.15) is 11.9 Å². The van der Waals surface area contributed by atoms with E-state index in [1.165, 1.54) is 0 Å². The Morgan fingerprint density at radius 1 is 1.03 bits per heavy atom. The zero-order chi connectivity index (χ0) is 20.5. The number of benzene rings is 3. The standard InChI is InChI=1S/C25H17ClN4/c26-21-9-3-1-7-17(21)15-30-16-19(20-8-2-6-12-24(20)30)13-18(14-27)25-28-22-10-4-5-11-23(22)29-25/h1-13,16H,15H2,(H,28,29).